The van der Waals surface area contributed by atoms with Gasteiger partial charge in [-0.05, 0) is 92.9 Å². The van der Waals surface area contributed by atoms with Crippen LogP contribution in [0.5, 0.6) is 0 Å². The van der Waals surface area contributed by atoms with Crippen molar-refractivity contribution in [2.45, 2.75) is 63.8 Å². The van der Waals surface area contributed by atoms with Crippen LogP contribution in [0.15, 0.2) is 36.4 Å². The molecule has 3 heterocycles. The van der Waals surface area contributed by atoms with E-state index in [0.717, 1.165) is 56.3 Å². The summed E-state index contributed by atoms with van der Waals surface area (Å²) in [6, 6.07) is 12.1. The van der Waals surface area contributed by atoms with Crippen molar-refractivity contribution in [3.63, 3.8) is 0 Å². The van der Waals surface area contributed by atoms with E-state index in [2.05, 4.69) is 32.6 Å². The van der Waals surface area contributed by atoms with Gasteiger partial charge in [-0.3, -0.25) is 0 Å². The largest absolute Gasteiger partial charge is 0.478 e. The Hall–Kier alpha value is -2.54. The summed E-state index contributed by atoms with van der Waals surface area (Å²) in [6.07, 6.45) is 9.81. The van der Waals surface area contributed by atoms with Crippen molar-refractivity contribution < 1.29 is 14.6 Å². The number of anilines is 1. The molecule has 3 aliphatic rings. The van der Waals surface area contributed by atoms with Gasteiger partial charge in [-0.25, -0.2) is 4.79 Å². The molecule has 1 N–H and O–H groups in total. The van der Waals surface area contributed by atoms with Gasteiger partial charge in [0.1, 0.15) is 0 Å². The number of aromatic carboxylic acids is 1. The van der Waals surface area contributed by atoms with Crippen LogP contribution in [0.4, 0.5) is 5.69 Å². The van der Waals surface area contributed by atoms with Crippen LogP contribution in [0.25, 0.3) is 22.2 Å². The quantitative estimate of drug-likeness (QED) is 0.312. The van der Waals surface area contributed by atoms with Crippen molar-refractivity contribution in [1.29, 1.82) is 0 Å². The molecule has 1 saturated carbocycles. The van der Waals surface area contributed by atoms with Gasteiger partial charge >= 0.3 is 5.97 Å². The zero-order chi connectivity index (χ0) is 27.6. The Kier molecular flexibility index (Phi) is 8.38. The second kappa shape index (κ2) is 12.1. The number of hydrogen-bond donors (Lipinski definition) is 1. The van der Waals surface area contributed by atoms with Gasteiger partial charge in [0, 0.05) is 60.5 Å². The first-order valence-corrected chi connectivity index (χ1v) is 15.6. The Morgan fingerprint density at radius 3 is 2.65 bits per heavy atom. The monoisotopic (exact) mass is 563 g/mol. The molecule has 6 nitrogen and oxygen atoms in total. The van der Waals surface area contributed by atoms with Gasteiger partial charge in [0.05, 0.1) is 17.9 Å². The number of carbonyl (C=O) groups is 1. The number of carboxylic acid groups (broad SMARTS) is 1. The van der Waals surface area contributed by atoms with E-state index in [9.17, 15) is 9.90 Å². The molecule has 1 aliphatic carbocycles. The summed E-state index contributed by atoms with van der Waals surface area (Å²) in [6.45, 7) is 6.93. The standard InChI is InChI=1S/C33H42ClN3O3/c1-40-22-23-7-5-14-35(21-23)15-6-16-36-17-18-37-30-19-25(33(38)39)10-12-27(30)31(24-8-3-2-4-9-24)32(37)28-13-11-26(34)20-29(28)36/h10-13,19-20,23-24H,2-9,14-18,21-22H2,1H3,(H,38,39). The highest BCUT2D eigenvalue weighted by Gasteiger charge is 2.31. The molecule has 0 radical (unpaired) electrons. The maximum absolute atomic E-state index is 11.9. The number of methoxy groups -OCH3 is 1. The summed E-state index contributed by atoms with van der Waals surface area (Å²) in [4.78, 5) is 17.1. The third-order valence-corrected chi connectivity index (χ3v) is 9.66. The van der Waals surface area contributed by atoms with Crippen LogP contribution >= 0.6 is 11.6 Å². The second-order valence-electron chi connectivity index (χ2n) is 12.1. The number of halogens is 1. The molecule has 1 saturated heterocycles. The van der Waals surface area contributed by atoms with Crippen molar-refractivity contribution in [1.82, 2.24) is 9.47 Å². The number of fused-ring (bicyclic) bond motifs is 5. The lowest BCUT2D eigenvalue weighted by Crippen LogP contribution is -2.39. The predicted molar refractivity (Wildman–Crippen MR) is 163 cm³/mol. The van der Waals surface area contributed by atoms with Crippen LogP contribution in [0, 0.1) is 5.92 Å². The third-order valence-electron chi connectivity index (χ3n) is 9.42. The first kappa shape index (κ1) is 27.6. The molecule has 2 aliphatic heterocycles. The number of nitrogens with zero attached hydrogens (tertiary/aromatic N) is 3. The predicted octanol–water partition coefficient (Wildman–Crippen LogP) is 7.28. The van der Waals surface area contributed by atoms with E-state index in [1.165, 1.54) is 79.4 Å². The van der Waals surface area contributed by atoms with Crippen molar-refractivity contribution in [3.8, 4) is 11.3 Å². The molecule has 1 unspecified atom stereocenters. The van der Waals surface area contributed by atoms with Crippen molar-refractivity contribution in [2.75, 3.05) is 51.3 Å². The molecule has 7 heteroatoms. The number of hydrogen-bond acceptors (Lipinski definition) is 4. The van der Waals surface area contributed by atoms with Gasteiger partial charge in [-0.2, -0.15) is 0 Å². The lowest BCUT2D eigenvalue weighted by Gasteiger charge is -2.33. The summed E-state index contributed by atoms with van der Waals surface area (Å²) >= 11 is 6.63. The maximum Gasteiger partial charge on any atom is 0.335 e. The molecule has 3 aromatic rings. The lowest BCUT2D eigenvalue weighted by atomic mass is 9.81. The molecular weight excluding hydrogens is 522 g/mol. The highest BCUT2D eigenvalue weighted by molar-refractivity contribution is 6.31. The first-order chi connectivity index (χ1) is 19.5. The van der Waals surface area contributed by atoms with E-state index < -0.39 is 5.97 Å². The Labute approximate surface area is 242 Å². The Bertz CT molecular complexity index is 1360. The third kappa shape index (κ3) is 5.50. The molecule has 2 aromatic carbocycles. The molecule has 6 rings (SSSR count). The first-order valence-electron chi connectivity index (χ1n) is 15.2. The van der Waals surface area contributed by atoms with Crippen LogP contribution < -0.4 is 4.90 Å². The van der Waals surface area contributed by atoms with Gasteiger partial charge in [0.25, 0.3) is 0 Å². The van der Waals surface area contributed by atoms with Crippen LogP contribution in [-0.2, 0) is 11.3 Å². The lowest BCUT2D eigenvalue weighted by molar-refractivity contribution is 0.0697. The van der Waals surface area contributed by atoms with E-state index in [1.54, 1.807) is 6.07 Å². The number of aromatic nitrogens is 1. The van der Waals surface area contributed by atoms with Crippen LogP contribution in [0.3, 0.4) is 0 Å². The minimum absolute atomic E-state index is 0.355. The van der Waals surface area contributed by atoms with Gasteiger partial charge in [0.2, 0.25) is 0 Å². The van der Waals surface area contributed by atoms with Crippen molar-refractivity contribution in [2.24, 2.45) is 5.92 Å². The SMILES string of the molecule is COCC1CCCN(CCCN2CCn3c(c(C4CCCCC4)c4ccc(C(=O)O)cc43)-c3ccc(Cl)cc32)C1. The average molecular weight is 564 g/mol. The van der Waals surface area contributed by atoms with E-state index in [0.29, 0.717) is 17.4 Å². The molecule has 1 atom stereocenters. The number of carboxylic acids is 1. The normalized spacial score (nSPS) is 20.4. The summed E-state index contributed by atoms with van der Waals surface area (Å²) < 4.78 is 7.85. The van der Waals surface area contributed by atoms with Crippen molar-refractivity contribution >= 4 is 34.2 Å². The molecule has 0 spiro atoms. The van der Waals surface area contributed by atoms with Crippen LogP contribution in [0.1, 0.15) is 73.2 Å². The Morgan fingerprint density at radius 2 is 1.85 bits per heavy atom. The fraction of sp³-hybridized carbons (Fsp3) is 0.545. The maximum atomic E-state index is 11.9. The van der Waals surface area contributed by atoms with E-state index >= 15 is 0 Å². The zero-order valence-electron chi connectivity index (χ0n) is 23.7. The van der Waals surface area contributed by atoms with Gasteiger partial charge in [-0.1, -0.05) is 36.9 Å². The van der Waals surface area contributed by atoms with E-state index in [4.69, 9.17) is 16.3 Å². The second-order valence-corrected chi connectivity index (χ2v) is 12.5. The molecule has 214 valence electrons. The Morgan fingerprint density at radius 1 is 1.00 bits per heavy atom. The average Bonchev–Trinajstić information content (AvgIpc) is 3.20. The number of piperidine rings is 1. The fourth-order valence-corrected chi connectivity index (χ4v) is 7.75. The molecule has 2 fully saturated rings. The minimum atomic E-state index is -0.871. The fourth-order valence-electron chi connectivity index (χ4n) is 7.59. The number of benzene rings is 2. The number of rotatable bonds is 8. The molecule has 1 aromatic heterocycles. The molecule has 0 amide bonds. The van der Waals surface area contributed by atoms with E-state index in [-0.39, 0.29) is 0 Å². The topological polar surface area (TPSA) is 57.9 Å². The Balaban J connectivity index is 1.35. The summed E-state index contributed by atoms with van der Waals surface area (Å²) in [5.41, 5.74) is 6.53. The smallest absolute Gasteiger partial charge is 0.335 e. The minimum Gasteiger partial charge on any atom is -0.478 e. The molecule has 0 bridgehead atoms. The van der Waals surface area contributed by atoms with E-state index in [1.807, 2.05) is 19.2 Å². The number of likely N-dealkylation sites (tertiary alicyclic amines) is 1. The van der Waals surface area contributed by atoms with Gasteiger partial charge < -0.3 is 24.2 Å². The summed E-state index contributed by atoms with van der Waals surface area (Å²) in [7, 11) is 1.81. The van der Waals surface area contributed by atoms with Crippen LogP contribution in [0.2, 0.25) is 5.02 Å². The highest BCUT2D eigenvalue weighted by atomic mass is 35.5. The highest BCUT2D eigenvalue weighted by Crippen LogP contribution is 2.48. The number of ether oxygens (including phenoxy) is 1. The van der Waals surface area contributed by atoms with Gasteiger partial charge in [-0.15, -0.1) is 0 Å². The van der Waals surface area contributed by atoms with Crippen molar-refractivity contribution in [3.05, 3.63) is 52.5 Å². The zero-order valence-corrected chi connectivity index (χ0v) is 24.5. The molecule has 40 heavy (non-hydrogen) atoms. The summed E-state index contributed by atoms with van der Waals surface area (Å²) in [5.74, 6) is 0.270. The van der Waals surface area contributed by atoms with Gasteiger partial charge in [0.15, 0.2) is 0 Å². The summed E-state index contributed by atoms with van der Waals surface area (Å²) in [5, 5.41) is 11.8. The molecular formula is C33H42ClN3O3. The van der Waals surface area contributed by atoms with Crippen LogP contribution in [-0.4, -0.2) is 67.0 Å².